The molecule has 2 aromatic rings. The summed E-state index contributed by atoms with van der Waals surface area (Å²) in [4.78, 5) is 15.2. The van der Waals surface area contributed by atoms with E-state index < -0.39 is 0 Å². The van der Waals surface area contributed by atoms with Crippen LogP contribution in [0.1, 0.15) is 39.8 Å². The number of likely N-dealkylation sites (tertiary alicyclic amines) is 1. The fourth-order valence-electron chi connectivity index (χ4n) is 4.29. The number of rotatable bonds is 2. The lowest BCUT2D eigenvalue weighted by molar-refractivity contribution is 0.0188. The van der Waals surface area contributed by atoms with Crippen molar-refractivity contribution in [2.24, 2.45) is 5.92 Å². The van der Waals surface area contributed by atoms with Gasteiger partial charge < -0.3 is 14.1 Å². The van der Waals surface area contributed by atoms with Gasteiger partial charge >= 0.3 is 0 Å². The Morgan fingerprint density at radius 3 is 2.71 bits per heavy atom. The van der Waals surface area contributed by atoms with Crippen LogP contribution >= 0.6 is 0 Å². The molecule has 126 valence electrons. The Balaban J connectivity index is 1.66. The zero-order valence-electron chi connectivity index (χ0n) is 14.2. The van der Waals surface area contributed by atoms with Gasteiger partial charge in [0, 0.05) is 31.0 Å². The third-order valence-electron chi connectivity index (χ3n) is 5.43. The molecule has 0 radical (unpaired) electrons. The average molecular weight is 325 g/mol. The number of amides is 1. The molecule has 3 unspecified atom stereocenters. The first-order valence-corrected chi connectivity index (χ1v) is 8.66. The van der Waals surface area contributed by atoms with E-state index in [4.69, 9.17) is 9.15 Å². The Bertz CT molecular complexity index is 737. The second-order valence-electron chi connectivity index (χ2n) is 6.90. The minimum absolute atomic E-state index is 0.0969. The summed E-state index contributed by atoms with van der Waals surface area (Å²) in [7, 11) is 0. The third kappa shape index (κ3) is 2.55. The average Bonchev–Trinajstić information content (AvgIpc) is 3.15. The number of carbonyl (C=O) groups is 1. The normalized spacial score (nSPS) is 26.4. The van der Waals surface area contributed by atoms with Crippen LogP contribution < -0.4 is 0 Å². The Kier molecular flexibility index (Phi) is 3.93. The molecule has 0 aliphatic carbocycles. The van der Waals surface area contributed by atoms with Gasteiger partial charge in [0.2, 0.25) is 0 Å². The van der Waals surface area contributed by atoms with Crippen molar-refractivity contribution in [3.8, 4) is 0 Å². The molecule has 4 nitrogen and oxygen atoms in total. The van der Waals surface area contributed by atoms with E-state index in [1.807, 2.05) is 26.0 Å². The molecule has 1 amide bonds. The summed E-state index contributed by atoms with van der Waals surface area (Å²) in [6.07, 6.45) is 0.912. The van der Waals surface area contributed by atoms with Crippen LogP contribution in [-0.2, 0) is 4.74 Å². The van der Waals surface area contributed by atoms with Gasteiger partial charge in [-0.2, -0.15) is 0 Å². The van der Waals surface area contributed by atoms with Crippen LogP contribution in [0, 0.1) is 19.8 Å². The van der Waals surface area contributed by atoms with Gasteiger partial charge in [0.25, 0.3) is 5.91 Å². The first-order chi connectivity index (χ1) is 11.6. The predicted molar refractivity (Wildman–Crippen MR) is 91.1 cm³/mol. The molecule has 1 aromatic carbocycles. The van der Waals surface area contributed by atoms with E-state index in [0.29, 0.717) is 23.2 Å². The number of carbonyl (C=O) groups excluding carboxylic acids is 1. The second kappa shape index (κ2) is 6.10. The first-order valence-electron chi connectivity index (χ1n) is 8.66. The molecule has 0 saturated carbocycles. The number of ether oxygens (including phenoxy) is 1. The van der Waals surface area contributed by atoms with Crippen LogP contribution in [0.4, 0.5) is 0 Å². The van der Waals surface area contributed by atoms with E-state index in [1.165, 1.54) is 5.56 Å². The number of aryl methyl sites for hydroxylation is 2. The molecule has 2 fully saturated rings. The number of benzene rings is 1. The maximum Gasteiger partial charge on any atom is 0.257 e. The maximum absolute atomic E-state index is 13.1. The summed E-state index contributed by atoms with van der Waals surface area (Å²) in [5.74, 6) is 2.31. The Labute approximate surface area is 142 Å². The molecular weight excluding hydrogens is 302 g/mol. The number of nitrogens with zero attached hydrogens (tertiary/aromatic N) is 1. The topological polar surface area (TPSA) is 42.7 Å². The van der Waals surface area contributed by atoms with Crippen molar-refractivity contribution in [2.45, 2.75) is 32.2 Å². The molecule has 2 saturated heterocycles. The van der Waals surface area contributed by atoms with E-state index in [9.17, 15) is 4.79 Å². The van der Waals surface area contributed by atoms with Gasteiger partial charge in [-0.3, -0.25) is 4.79 Å². The zero-order chi connectivity index (χ0) is 16.7. The summed E-state index contributed by atoms with van der Waals surface area (Å²) in [5.41, 5.74) is 2.00. The highest BCUT2D eigenvalue weighted by Crippen LogP contribution is 2.41. The van der Waals surface area contributed by atoms with Gasteiger partial charge in [0.05, 0.1) is 12.2 Å². The highest BCUT2D eigenvalue weighted by molar-refractivity contribution is 5.95. The molecular formula is C20H23NO3. The summed E-state index contributed by atoms with van der Waals surface area (Å²) in [6.45, 7) is 5.97. The Morgan fingerprint density at radius 1 is 1.21 bits per heavy atom. The largest absolute Gasteiger partial charge is 0.466 e. The van der Waals surface area contributed by atoms with Gasteiger partial charge in [0.1, 0.15) is 11.5 Å². The fourth-order valence-corrected chi connectivity index (χ4v) is 4.29. The van der Waals surface area contributed by atoms with Crippen molar-refractivity contribution in [3.05, 3.63) is 59.0 Å². The lowest BCUT2D eigenvalue weighted by atomic mass is 9.84. The molecule has 1 aromatic heterocycles. The van der Waals surface area contributed by atoms with Gasteiger partial charge in [-0.05, 0) is 31.9 Å². The van der Waals surface area contributed by atoms with Gasteiger partial charge in [0.15, 0.2) is 0 Å². The summed E-state index contributed by atoms with van der Waals surface area (Å²) >= 11 is 0. The Morgan fingerprint density at radius 2 is 2.00 bits per heavy atom. The van der Waals surface area contributed by atoms with Crippen molar-refractivity contribution in [1.82, 2.24) is 4.90 Å². The highest BCUT2D eigenvalue weighted by atomic mass is 16.5. The SMILES string of the molecule is Cc1cc(C(=O)N2CC(c3ccccc3)C3COCCC32)c(C)o1. The summed E-state index contributed by atoms with van der Waals surface area (Å²) < 4.78 is 11.3. The van der Waals surface area contributed by atoms with E-state index in [1.54, 1.807) is 0 Å². The summed E-state index contributed by atoms with van der Waals surface area (Å²) in [6, 6.07) is 12.6. The van der Waals surface area contributed by atoms with E-state index in [0.717, 1.165) is 31.9 Å². The number of fused-ring (bicyclic) bond motifs is 1. The van der Waals surface area contributed by atoms with Crippen LogP contribution in [-0.4, -0.2) is 36.6 Å². The van der Waals surface area contributed by atoms with Crippen LogP contribution in [0.15, 0.2) is 40.8 Å². The Hall–Kier alpha value is -2.07. The van der Waals surface area contributed by atoms with Crippen molar-refractivity contribution in [1.29, 1.82) is 0 Å². The fraction of sp³-hybridized carbons (Fsp3) is 0.450. The van der Waals surface area contributed by atoms with Crippen LogP contribution in [0.3, 0.4) is 0 Å². The minimum Gasteiger partial charge on any atom is -0.466 e. The zero-order valence-corrected chi connectivity index (χ0v) is 14.2. The number of hydrogen-bond donors (Lipinski definition) is 0. The molecule has 3 heterocycles. The second-order valence-corrected chi connectivity index (χ2v) is 6.90. The highest BCUT2D eigenvalue weighted by Gasteiger charge is 2.46. The predicted octanol–water partition coefficient (Wildman–Crippen LogP) is 3.54. The lowest BCUT2D eigenvalue weighted by Crippen LogP contribution is -2.42. The molecule has 0 spiro atoms. The van der Waals surface area contributed by atoms with Gasteiger partial charge in [-0.25, -0.2) is 0 Å². The molecule has 0 bridgehead atoms. The van der Waals surface area contributed by atoms with Gasteiger partial charge in [-0.15, -0.1) is 0 Å². The van der Waals surface area contributed by atoms with E-state index in [-0.39, 0.29) is 11.9 Å². The smallest absolute Gasteiger partial charge is 0.257 e. The molecule has 3 atom stereocenters. The molecule has 24 heavy (non-hydrogen) atoms. The number of hydrogen-bond acceptors (Lipinski definition) is 3. The van der Waals surface area contributed by atoms with Crippen LogP contribution in [0.5, 0.6) is 0 Å². The molecule has 0 N–H and O–H groups in total. The minimum atomic E-state index is 0.0969. The molecule has 4 rings (SSSR count). The lowest BCUT2D eigenvalue weighted by Gasteiger charge is -2.32. The van der Waals surface area contributed by atoms with E-state index in [2.05, 4.69) is 29.2 Å². The number of furan rings is 1. The van der Waals surface area contributed by atoms with Crippen molar-refractivity contribution in [2.75, 3.05) is 19.8 Å². The quantitative estimate of drug-likeness (QED) is 0.848. The van der Waals surface area contributed by atoms with Crippen LogP contribution in [0.25, 0.3) is 0 Å². The van der Waals surface area contributed by atoms with E-state index >= 15 is 0 Å². The van der Waals surface area contributed by atoms with Crippen molar-refractivity contribution < 1.29 is 13.9 Å². The molecule has 2 aliphatic heterocycles. The third-order valence-corrected chi connectivity index (χ3v) is 5.43. The monoisotopic (exact) mass is 325 g/mol. The van der Waals surface area contributed by atoms with Crippen molar-refractivity contribution in [3.63, 3.8) is 0 Å². The summed E-state index contributed by atoms with van der Waals surface area (Å²) in [5, 5.41) is 0. The molecule has 4 heteroatoms. The molecule has 2 aliphatic rings. The maximum atomic E-state index is 13.1. The first kappa shape index (κ1) is 15.5. The van der Waals surface area contributed by atoms with Crippen LogP contribution in [0.2, 0.25) is 0 Å². The van der Waals surface area contributed by atoms with Crippen molar-refractivity contribution >= 4 is 5.91 Å². The standard InChI is InChI=1S/C20H23NO3/c1-13-10-16(14(2)24-13)20(22)21-11-17(15-6-4-3-5-7-15)18-12-23-9-8-19(18)21/h3-7,10,17-19H,8-9,11-12H2,1-2H3. The van der Waals surface area contributed by atoms with Gasteiger partial charge in [-0.1, -0.05) is 30.3 Å².